The van der Waals surface area contributed by atoms with E-state index in [0.717, 1.165) is 55.0 Å². The van der Waals surface area contributed by atoms with Gasteiger partial charge < -0.3 is 4.90 Å². The molecular weight excluding hydrogens is 302 g/mol. The van der Waals surface area contributed by atoms with Crippen LogP contribution in [0, 0.1) is 6.92 Å². The van der Waals surface area contributed by atoms with Crippen LogP contribution in [0.5, 0.6) is 0 Å². The zero-order valence-electron chi connectivity index (χ0n) is 14.1. The number of anilines is 1. The third-order valence-corrected chi connectivity index (χ3v) is 5.16. The maximum absolute atomic E-state index is 12.4. The first-order chi connectivity index (χ1) is 11.7. The van der Waals surface area contributed by atoms with Crippen LogP contribution in [0.25, 0.3) is 0 Å². The molecule has 1 atom stereocenters. The molecule has 1 aliphatic carbocycles. The van der Waals surface area contributed by atoms with E-state index in [1.807, 2.05) is 6.92 Å². The quantitative estimate of drug-likeness (QED) is 0.862. The van der Waals surface area contributed by atoms with E-state index in [0.29, 0.717) is 6.54 Å². The maximum atomic E-state index is 12.4. The highest BCUT2D eigenvalue weighted by Gasteiger charge is 2.28. The van der Waals surface area contributed by atoms with Gasteiger partial charge in [-0.3, -0.25) is 9.78 Å². The van der Waals surface area contributed by atoms with E-state index >= 15 is 0 Å². The molecule has 0 radical (unpaired) electrons. The van der Waals surface area contributed by atoms with E-state index in [2.05, 4.69) is 20.0 Å². The van der Waals surface area contributed by atoms with Crippen LogP contribution in [0.2, 0.25) is 0 Å². The SMILES string of the molecule is Cc1nccnc1N1CCCC1Cn1nc2c(cc1=O)CCCC2. The monoisotopic (exact) mass is 325 g/mol. The second-order valence-electron chi connectivity index (χ2n) is 6.80. The Morgan fingerprint density at radius 2 is 2.00 bits per heavy atom. The van der Waals surface area contributed by atoms with Gasteiger partial charge in [-0.15, -0.1) is 0 Å². The van der Waals surface area contributed by atoms with Gasteiger partial charge in [0.1, 0.15) is 5.82 Å². The molecule has 0 amide bonds. The molecular formula is C18H23N5O. The van der Waals surface area contributed by atoms with Crippen LogP contribution in [0.3, 0.4) is 0 Å². The van der Waals surface area contributed by atoms with Crippen LogP contribution in [-0.4, -0.2) is 32.3 Å². The Labute approximate surface area is 141 Å². The summed E-state index contributed by atoms with van der Waals surface area (Å²) in [6.45, 7) is 3.58. The zero-order chi connectivity index (χ0) is 16.5. The fraction of sp³-hybridized carbons (Fsp3) is 0.556. The molecule has 1 aliphatic heterocycles. The average Bonchev–Trinajstić information content (AvgIpc) is 3.04. The Morgan fingerprint density at radius 3 is 2.88 bits per heavy atom. The van der Waals surface area contributed by atoms with Crippen molar-refractivity contribution in [2.75, 3.05) is 11.4 Å². The lowest BCUT2D eigenvalue weighted by atomic mass is 9.97. The fourth-order valence-electron chi connectivity index (χ4n) is 3.92. The van der Waals surface area contributed by atoms with Crippen molar-refractivity contribution in [3.63, 3.8) is 0 Å². The Morgan fingerprint density at radius 1 is 1.17 bits per heavy atom. The highest BCUT2D eigenvalue weighted by Crippen LogP contribution is 2.26. The largest absolute Gasteiger partial charge is 0.350 e. The molecule has 0 N–H and O–H groups in total. The summed E-state index contributed by atoms with van der Waals surface area (Å²) < 4.78 is 1.67. The van der Waals surface area contributed by atoms with Crippen LogP contribution in [0.1, 0.15) is 42.6 Å². The van der Waals surface area contributed by atoms with Gasteiger partial charge in [0.2, 0.25) is 0 Å². The summed E-state index contributed by atoms with van der Waals surface area (Å²) in [7, 11) is 0. The number of fused-ring (bicyclic) bond motifs is 1. The summed E-state index contributed by atoms with van der Waals surface area (Å²) in [5.41, 5.74) is 3.23. The Balaban J connectivity index is 1.61. The zero-order valence-corrected chi connectivity index (χ0v) is 14.1. The van der Waals surface area contributed by atoms with Crippen LogP contribution in [0.15, 0.2) is 23.3 Å². The first-order valence-electron chi connectivity index (χ1n) is 8.86. The van der Waals surface area contributed by atoms with Gasteiger partial charge in [0.15, 0.2) is 0 Å². The van der Waals surface area contributed by atoms with E-state index in [-0.39, 0.29) is 11.6 Å². The highest BCUT2D eigenvalue weighted by atomic mass is 16.1. The van der Waals surface area contributed by atoms with Crippen molar-refractivity contribution in [1.29, 1.82) is 0 Å². The van der Waals surface area contributed by atoms with Crippen molar-refractivity contribution in [1.82, 2.24) is 19.7 Å². The predicted molar refractivity (Wildman–Crippen MR) is 92.3 cm³/mol. The van der Waals surface area contributed by atoms with Crippen LogP contribution >= 0.6 is 0 Å². The minimum atomic E-state index is 0.0263. The number of nitrogens with zero attached hydrogens (tertiary/aromatic N) is 5. The van der Waals surface area contributed by atoms with Gasteiger partial charge in [0.25, 0.3) is 5.56 Å². The normalized spacial score (nSPS) is 20.2. The summed E-state index contributed by atoms with van der Waals surface area (Å²) in [5, 5.41) is 4.67. The molecule has 0 bridgehead atoms. The minimum Gasteiger partial charge on any atom is -0.350 e. The van der Waals surface area contributed by atoms with Crippen molar-refractivity contribution in [2.45, 2.75) is 58.0 Å². The highest BCUT2D eigenvalue weighted by molar-refractivity contribution is 5.44. The molecule has 0 aromatic carbocycles. The second kappa shape index (κ2) is 6.34. The van der Waals surface area contributed by atoms with Crippen molar-refractivity contribution in [3.8, 4) is 0 Å². The topological polar surface area (TPSA) is 63.9 Å². The summed E-state index contributed by atoms with van der Waals surface area (Å²) in [4.78, 5) is 23.6. The molecule has 2 aromatic heterocycles. The average molecular weight is 325 g/mol. The lowest BCUT2D eigenvalue weighted by Crippen LogP contribution is -2.38. The van der Waals surface area contributed by atoms with Crippen molar-refractivity contribution in [3.05, 3.63) is 45.8 Å². The minimum absolute atomic E-state index is 0.0263. The molecule has 1 fully saturated rings. The number of aromatic nitrogens is 4. The third kappa shape index (κ3) is 2.81. The molecule has 6 nitrogen and oxygen atoms in total. The summed E-state index contributed by atoms with van der Waals surface area (Å²) in [5.74, 6) is 0.936. The Hall–Kier alpha value is -2.24. The summed E-state index contributed by atoms with van der Waals surface area (Å²) in [6, 6.07) is 2.06. The summed E-state index contributed by atoms with van der Waals surface area (Å²) >= 11 is 0. The Bertz CT molecular complexity index is 800. The second-order valence-corrected chi connectivity index (χ2v) is 6.80. The van der Waals surface area contributed by atoms with Crippen molar-refractivity contribution >= 4 is 5.82 Å². The Kier molecular flexibility index (Phi) is 4.04. The molecule has 4 rings (SSSR count). The van der Waals surface area contributed by atoms with Gasteiger partial charge in [-0.25, -0.2) is 9.67 Å². The first kappa shape index (κ1) is 15.3. The molecule has 0 saturated carbocycles. The standard InChI is InChI=1S/C18H23N5O/c1-13-18(20-9-8-19-13)22-10-4-6-15(22)12-23-17(24)11-14-5-2-3-7-16(14)21-23/h8-9,11,15H,2-7,10,12H2,1H3. The molecule has 1 saturated heterocycles. The van der Waals surface area contributed by atoms with Crippen molar-refractivity contribution in [2.24, 2.45) is 0 Å². The molecule has 6 heteroatoms. The van der Waals surface area contributed by atoms with E-state index in [1.54, 1.807) is 23.1 Å². The number of rotatable bonds is 3. The van der Waals surface area contributed by atoms with E-state index in [9.17, 15) is 4.79 Å². The van der Waals surface area contributed by atoms with Crippen LogP contribution in [0.4, 0.5) is 5.82 Å². The maximum Gasteiger partial charge on any atom is 0.267 e. The van der Waals surface area contributed by atoms with Gasteiger partial charge in [-0.2, -0.15) is 5.10 Å². The fourth-order valence-corrected chi connectivity index (χ4v) is 3.92. The van der Waals surface area contributed by atoms with Crippen LogP contribution in [-0.2, 0) is 19.4 Å². The first-order valence-corrected chi connectivity index (χ1v) is 8.86. The van der Waals surface area contributed by atoms with Gasteiger partial charge in [0.05, 0.1) is 24.0 Å². The molecule has 2 aliphatic rings. The lowest BCUT2D eigenvalue weighted by Gasteiger charge is -2.27. The van der Waals surface area contributed by atoms with Gasteiger partial charge >= 0.3 is 0 Å². The van der Waals surface area contributed by atoms with Crippen molar-refractivity contribution < 1.29 is 0 Å². The van der Waals surface area contributed by atoms with Crippen LogP contribution < -0.4 is 10.5 Å². The van der Waals surface area contributed by atoms with Gasteiger partial charge in [-0.1, -0.05) is 0 Å². The number of hydrogen-bond donors (Lipinski definition) is 0. The number of hydrogen-bond acceptors (Lipinski definition) is 5. The predicted octanol–water partition coefficient (Wildman–Crippen LogP) is 1.89. The summed E-state index contributed by atoms with van der Waals surface area (Å²) in [6.07, 6.45) is 9.95. The van der Waals surface area contributed by atoms with Gasteiger partial charge in [0, 0.05) is 25.0 Å². The molecule has 24 heavy (non-hydrogen) atoms. The lowest BCUT2D eigenvalue weighted by molar-refractivity contribution is 0.471. The number of aryl methyl sites for hydroxylation is 3. The van der Waals surface area contributed by atoms with E-state index in [4.69, 9.17) is 0 Å². The molecule has 126 valence electrons. The molecule has 0 spiro atoms. The van der Waals surface area contributed by atoms with E-state index < -0.39 is 0 Å². The molecule has 1 unspecified atom stereocenters. The smallest absolute Gasteiger partial charge is 0.267 e. The molecule has 2 aromatic rings. The van der Waals surface area contributed by atoms with Gasteiger partial charge in [-0.05, 0) is 51.0 Å². The molecule has 3 heterocycles. The van der Waals surface area contributed by atoms with E-state index in [1.165, 1.54) is 12.8 Å². The third-order valence-electron chi connectivity index (χ3n) is 5.16.